The van der Waals surface area contributed by atoms with E-state index in [9.17, 15) is 4.79 Å². The molecule has 1 heterocycles. The van der Waals surface area contributed by atoms with Crippen LogP contribution in [0.25, 0.3) is 0 Å². The summed E-state index contributed by atoms with van der Waals surface area (Å²) in [6, 6.07) is 5.34. The Kier molecular flexibility index (Phi) is 3.19. The normalized spacial score (nSPS) is 14.7. The van der Waals surface area contributed by atoms with E-state index >= 15 is 0 Å². The van der Waals surface area contributed by atoms with Crippen molar-refractivity contribution in [1.29, 1.82) is 0 Å². The first-order chi connectivity index (χ1) is 6.58. The van der Waals surface area contributed by atoms with E-state index in [1.807, 2.05) is 6.92 Å². The number of aliphatic carboxylic acids is 1. The molecule has 0 spiro atoms. The minimum Gasteiger partial charge on any atom is -0.481 e. The fourth-order valence-electron chi connectivity index (χ4n) is 1.32. The Balaban J connectivity index is 2.95. The van der Waals surface area contributed by atoms with Gasteiger partial charge in [-0.3, -0.25) is 9.78 Å². The first kappa shape index (κ1) is 10.7. The van der Waals surface area contributed by atoms with E-state index in [1.54, 1.807) is 24.4 Å². The van der Waals surface area contributed by atoms with Gasteiger partial charge in [0.1, 0.15) is 0 Å². The molecule has 0 aliphatic heterocycles. The molecule has 4 heteroatoms. The van der Waals surface area contributed by atoms with E-state index in [0.29, 0.717) is 12.1 Å². The highest BCUT2D eigenvalue weighted by atomic mass is 16.4. The number of rotatable bonds is 4. The molecule has 0 fully saturated rings. The zero-order valence-corrected chi connectivity index (χ0v) is 8.10. The molecule has 0 aliphatic rings. The van der Waals surface area contributed by atoms with E-state index in [-0.39, 0.29) is 6.42 Å². The third-order valence-electron chi connectivity index (χ3n) is 2.27. The number of aromatic nitrogens is 1. The van der Waals surface area contributed by atoms with Crippen LogP contribution in [0.15, 0.2) is 24.4 Å². The lowest BCUT2D eigenvalue weighted by Gasteiger charge is -2.25. The maximum Gasteiger partial charge on any atom is 0.305 e. The largest absolute Gasteiger partial charge is 0.481 e. The van der Waals surface area contributed by atoms with Crippen molar-refractivity contribution in [2.24, 2.45) is 5.73 Å². The second-order valence-electron chi connectivity index (χ2n) is 3.30. The second kappa shape index (κ2) is 4.19. The van der Waals surface area contributed by atoms with Gasteiger partial charge >= 0.3 is 5.97 Å². The third kappa shape index (κ3) is 2.29. The lowest BCUT2D eigenvalue weighted by atomic mass is 9.89. The standard InChI is InChI=1S/C10H14N2O2/c1-2-10(11,7-9(13)14)8-5-3-4-6-12-8/h3-6H,2,7,11H2,1H3,(H,13,14)/t10-/m1/s1. The molecule has 1 aromatic rings. The molecule has 0 radical (unpaired) electrons. The summed E-state index contributed by atoms with van der Waals surface area (Å²) >= 11 is 0. The Bertz CT molecular complexity index is 313. The molecule has 14 heavy (non-hydrogen) atoms. The highest BCUT2D eigenvalue weighted by Crippen LogP contribution is 2.23. The van der Waals surface area contributed by atoms with E-state index in [2.05, 4.69) is 4.98 Å². The van der Waals surface area contributed by atoms with Gasteiger partial charge in [0, 0.05) is 6.20 Å². The Hall–Kier alpha value is -1.42. The lowest BCUT2D eigenvalue weighted by molar-refractivity contribution is -0.138. The van der Waals surface area contributed by atoms with Crippen LogP contribution in [0.2, 0.25) is 0 Å². The van der Waals surface area contributed by atoms with Gasteiger partial charge in [-0.15, -0.1) is 0 Å². The monoisotopic (exact) mass is 194 g/mol. The maximum absolute atomic E-state index is 10.6. The van der Waals surface area contributed by atoms with Gasteiger partial charge in [0.25, 0.3) is 0 Å². The molecule has 0 amide bonds. The minimum atomic E-state index is -0.903. The number of nitrogens with zero attached hydrogens (tertiary/aromatic N) is 1. The first-order valence-electron chi connectivity index (χ1n) is 4.50. The summed E-state index contributed by atoms with van der Waals surface area (Å²) < 4.78 is 0. The van der Waals surface area contributed by atoms with Gasteiger partial charge in [0.15, 0.2) is 0 Å². The van der Waals surface area contributed by atoms with Crippen LogP contribution >= 0.6 is 0 Å². The van der Waals surface area contributed by atoms with Crippen LogP contribution < -0.4 is 5.73 Å². The number of hydrogen-bond donors (Lipinski definition) is 2. The number of carboxylic acids is 1. The Morgan fingerprint density at radius 3 is 2.79 bits per heavy atom. The van der Waals surface area contributed by atoms with Crippen molar-refractivity contribution in [1.82, 2.24) is 4.98 Å². The Labute approximate surface area is 82.8 Å². The van der Waals surface area contributed by atoms with E-state index in [4.69, 9.17) is 10.8 Å². The summed E-state index contributed by atoms with van der Waals surface area (Å²) in [7, 11) is 0. The molecule has 1 atom stereocenters. The van der Waals surface area contributed by atoms with Crippen LogP contribution in [-0.4, -0.2) is 16.1 Å². The van der Waals surface area contributed by atoms with Gasteiger partial charge in [0.2, 0.25) is 0 Å². The molecule has 0 unspecified atom stereocenters. The predicted molar refractivity (Wildman–Crippen MR) is 52.6 cm³/mol. The van der Waals surface area contributed by atoms with E-state index < -0.39 is 11.5 Å². The molecule has 0 saturated carbocycles. The summed E-state index contributed by atoms with van der Waals surface area (Å²) in [4.78, 5) is 14.7. The van der Waals surface area contributed by atoms with Crippen LogP contribution in [-0.2, 0) is 10.3 Å². The maximum atomic E-state index is 10.6. The number of pyridine rings is 1. The molecule has 4 nitrogen and oxygen atoms in total. The summed E-state index contributed by atoms with van der Waals surface area (Å²) in [5.74, 6) is -0.903. The topological polar surface area (TPSA) is 76.2 Å². The van der Waals surface area contributed by atoms with Gasteiger partial charge in [-0.2, -0.15) is 0 Å². The fraction of sp³-hybridized carbons (Fsp3) is 0.400. The zero-order chi connectivity index (χ0) is 10.6. The average Bonchev–Trinajstić information content (AvgIpc) is 2.18. The molecule has 0 aliphatic carbocycles. The number of nitrogens with two attached hydrogens (primary N) is 1. The molecule has 3 N–H and O–H groups in total. The molecule has 1 aromatic heterocycles. The molecule has 0 aromatic carbocycles. The lowest BCUT2D eigenvalue weighted by Crippen LogP contribution is -2.39. The van der Waals surface area contributed by atoms with Crippen molar-refractivity contribution in [3.63, 3.8) is 0 Å². The molecular weight excluding hydrogens is 180 g/mol. The third-order valence-corrected chi connectivity index (χ3v) is 2.27. The van der Waals surface area contributed by atoms with Crippen molar-refractivity contribution in [2.45, 2.75) is 25.3 Å². The van der Waals surface area contributed by atoms with Crippen molar-refractivity contribution >= 4 is 5.97 Å². The van der Waals surface area contributed by atoms with Gasteiger partial charge in [-0.05, 0) is 18.6 Å². The van der Waals surface area contributed by atoms with Gasteiger partial charge in [-0.1, -0.05) is 13.0 Å². The molecule has 0 bridgehead atoms. The van der Waals surface area contributed by atoms with Crippen molar-refractivity contribution in [3.8, 4) is 0 Å². The van der Waals surface area contributed by atoms with Crippen LogP contribution in [0.5, 0.6) is 0 Å². The number of carbonyl (C=O) groups is 1. The number of carboxylic acid groups (broad SMARTS) is 1. The summed E-state index contributed by atoms with van der Waals surface area (Å²) in [6.07, 6.45) is 2.07. The summed E-state index contributed by atoms with van der Waals surface area (Å²) in [6.45, 7) is 1.86. The van der Waals surface area contributed by atoms with Crippen molar-refractivity contribution in [2.75, 3.05) is 0 Å². The van der Waals surface area contributed by atoms with Gasteiger partial charge in [0.05, 0.1) is 17.7 Å². The second-order valence-corrected chi connectivity index (χ2v) is 3.30. The van der Waals surface area contributed by atoms with Crippen LogP contribution in [0.1, 0.15) is 25.5 Å². The summed E-state index contributed by atoms with van der Waals surface area (Å²) in [5.41, 5.74) is 5.75. The Morgan fingerprint density at radius 1 is 1.64 bits per heavy atom. The van der Waals surface area contributed by atoms with E-state index in [1.165, 1.54) is 0 Å². The molecule has 0 saturated heterocycles. The van der Waals surface area contributed by atoms with Crippen molar-refractivity contribution in [3.05, 3.63) is 30.1 Å². The first-order valence-corrected chi connectivity index (χ1v) is 4.50. The quantitative estimate of drug-likeness (QED) is 0.753. The van der Waals surface area contributed by atoms with Crippen molar-refractivity contribution < 1.29 is 9.90 Å². The minimum absolute atomic E-state index is 0.0967. The smallest absolute Gasteiger partial charge is 0.305 e. The zero-order valence-electron chi connectivity index (χ0n) is 8.10. The van der Waals surface area contributed by atoms with Crippen LogP contribution in [0.3, 0.4) is 0 Å². The highest BCUT2D eigenvalue weighted by molar-refractivity contribution is 5.68. The predicted octanol–water partition coefficient (Wildman–Crippen LogP) is 1.12. The van der Waals surface area contributed by atoms with Gasteiger partial charge < -0.3 is 10.8 Å². The molecular formula is C10H14N2O2. The molecule has 1 rings (SSSR count). The van der Waals surface area contributed by atoms with Gasteiger partial charge in [-0.25, -0.2) is 0 Å². The Morgan fingerprint density at radius 2 is 2.36 bits per heavy atom. The fourth-order valence-corrected chi connectivity index (χ4v) is 1.32. The summed E-state index contributed by atoms with van der Waals surface area (Å²) in [5, 5.41) is 8.73. The molecule has 76 valence electrons. The highest BCUT2D eigenvalue weighted by Gasteiger charge is 2.29. The van der Waals surface area contributed by atoms with Crippen LogP contribution in [0.4, 0.5) is 0 Å². The number of hydrogen-bond acceptors (Lipinski definition) is 3. The SMILES string of the molecule is CC[C@@](N)(CC(=O)O)c1ccccn1. The van der Waals surface area contributed by atoms with E-state index in [0.717, 1.165) is 0 Å². The average molecular weight is 194 g/mol. The van der Waals surface area contributed by atoms with Crippen LogP contribution in [0, 0.1) is 0 Å².